The molecular formula is C27H30ClNO4. The molecule has 0 spiro atoms. The van der Waals surface area contributed by atoms with Crippen LogP contribution >= 0.6 is 12.4 Å². The van der Waals surface area contributed by atoms with E-state index in [0.717, 1.165) is 47.2 Å². The van der Waals surface area contributed by atoms with Gasteiger partial charge in [0, 0.05) is 48.1 Å². The first-order valence-electron chi connectivity index (χ1n) is 11.3. The Morgan fingerprint density at radius 1 is 0.939 bits per heavy atom. The van der Waals surface area contributed by atoms with Gasteiger partial charge in [0.2, 0.25) is 0 Å². The molecule has 6 heteroatoms. The molecule has 5 nitrogen and oxygen atoms in total. The summed E-state index contributed by atoms with van der Waals surface area (Å²) in [6.45, 7) is 7.29. The molecule has 3 aromatic rings. The Hall–Kier alpha value is -3.05. The quantitative estimate of drug-likeness (QED) is 0.416. The first-order chi connectivity index (χ1) is 15.7. The third kappa shape index (κ3) is 4.30. The van der Waals surface area contributed by atoms with E-state index in [0.29, 0.717) is 13.2 Å². The summed E-state index contributed by atoms with van der Waals surface area (Å²) in [5, 5.41) is 0. The van der Waals surface area contributed by atoms with Crippen molar-refractivity contribution in [3.05, 3.63) is 77.4 Å². The van der Waals surface area contributed by atoms with E-state index in [2.05, 4.69) is 43.0 Å². The van der Waals surface area contributed by atoms with Crippen LogP contribution in [0.1, 0.15) is 42.6 Å². The maximum absolute atomic E-state index is 6.56. The van der Waals surface area contributed by atoms with Crippen molar-refractivity contribution in [1.29, 1.82) is 0 Å². The van der Waals surface area contributed by atoms with Crippen molar-refractivity contribution >= 4 is 18.1 Å². The highest BCUT2D eigenvalue weighted by molar-refractivity contribution is 5.85. The average Bonchev–Trinajstić information content (AvgIpc) is 3.22. The Morgan fingerprint density at radius 2 is 1.70 bits per heavy atom. The van der Waals surface area contributed by atoms with Gasteiger partial charge in [-0.15, -0.1) is 12.4 Å². The summed E-state index contributed by atoms with van der Waals surface area (Å²) < 4.78 is 24.3. The van der Waals surface area contributed by atoms with E-state index >= 15 is 0 Å². The van der Waals surface area contributed by atoms with E-state index < -0.39 is 0 Å². The van der Waals surface area contributed by atoms with Gasteiger partial charge >= 0.3 is 0 Å². The van der Waals surface area contributed by atoms with Crippen LogP contribution in [-0.4, -0.2) is 26.8 Å². The van der Waals surface area contributed by atoms with Crippen LogP contribution in [0, 0.1) is 0 Å². The van der Waals surface area contributed by atoms with Gasteiger partial charge in [0.1, 0.15) is 35.7 Å². The number of halogens is 1. The van der Waals surface area contributed by atoms with E-state index in [-0.39, 0.29) is 24.4 Å². The number of ether oxygens (including phenoxy) is 4. The van der Waals surface area contributed by atoms with Crippen LogP contribution in [-0.2, 0) is 6.61 Å². The molecule has 3 aromatic carbocycles. The Balaban J connectivity index is 0.00000259. The van der Waals surface area contributed by atoms with Crippen molar-refractivity contribution in [3.8, 4) is 23.0 Å². The molecule has 0 bridgehead atoms. The number of anilines is 1. The number of hydrogen-bond acceptors (Lipinski definition) is 5. The molecule has 33 heavy (non-hydrogen) atoms. The first-order valence-corrected chi connectivity index (χ1v) is 11.3. The van der Waals surface area contributed by atoms with Crippen LogP contribution < -0.4 is 23.8 Å². The van der Waals surface area contributed by atoms with Gasteiger partial charge in [0.05, 0.1) is 19.6 Å². The minimum absolute atomic E-state index is 0. The summed E-state index contributed by atoms with van der Waals surface area (Å²) in [5.41, 5.74) is 4.59. The van der Waals surface area contributed by atoms with Gasteiger partial charge in [-0.05, 0) is 31.5 Å². The number of nitrogens with zero attached hydrogens (tertiary/aromatic N) is 1. The summed E-state index contributed by atoms with van der Waals surface area (Å²) in [7, 11) is 1.67. The predicted octanol–water partition coefficient (Wildman–Crippen LogP) is 6.15. The number of methoxy groups -OCH3 is 1. The summed E-state index contributed by atoms with van der Waals surface area (Å²) in [6, 6.07) is 20.4. The zero-order valence-electron chi connectivity index (χ0n) is 19.2. The third-order valence-electron chi connectivity index (χ3n) is 6.38. The van der Waals surface area contributed by atoms with Gasteiger partial charge in [-0.1, -0.05) is 30.3 Å². The van der Waals surface area contributed by atoms with Gasteiger partial charge in [0.25, 0.3) is 0 Å². The first kappa shape index (κ1) is 23.1. The molecule has 0 aliphatic carbocycles. The van der Waals surface area contributed by atoms with Crippen molar-refractivity contribution in [3.63, 3.8) is 0 Å². The van der Waals surface area contributed by atoms with Gasteiger partial charge < -0.3 is 23.8 Å². The van der Waals surface area contributed by atoms with E-state index in [4.69, 9.17) is 18.9 Å². The highest BCUT2D eigenvalue weighted by Crippen LogP contribution is 2.55. The van der Waals surface area contributed by atoms with Crippen LogP contribution in [0.2, 0.25) is 0 Å². The van der Waals surface area contributed by atoms with E-state index in [1.54, 1.807) is 7.11 Å². The monoisotopic (exact) mass is 467 g/mol. The predicted molar refractivity (Wildman–Crippen MR) is 133 cm³/mol. The molecule has 2 atom stereocenters. The lowest BCUT2D eigenvalue weighted by atomic mass is 9.88. The standard InChI is InChI=1S/C27H29NO4.ClH/c1-4-28(5-2)23-13-20(30-16-18-9-7-6-8-10-18)15-25-26(23)22-17-31-24-14-19(29-3)11-12-21(24)27(22)32-25;/h6-15,22,27H,4-5,16-17H2,1-3H3;1H. The maximum atomic E-state index is 6.56. The van der Waals surface area contributed by atoms with E-state index in [1.807, 2.05) is 36.4 Å². The molecule has 0 aromatic heterocycles. The molecular weight excluding hydrogens is 438 g/mol. The number of fused-ring (bicyclic) bond motifs is 5. The fraction of sp³-hybridized carbons (Fsp3) is 0.333. The lowest BCUT2D eigenvalue weighted by molar-refractivity contribution is 0.139. The minimum atomic E-state index is -0.0710. The van der Waals surface area contributed by atoms with Crippen molar-refractivity contribution in [1.82, 2.24) is 0 Å². The summed E-state index contributed by atoms with van der Waals surface area (Å²) in [6.07, 6.45) is -0.0710. The SMILES string of the molecule is CCN(CC)c1cc(OCc2ccccc2)cc2c1C1COc3cc(OC)ccc3C1O2.Cl. The maximum Gasteiger partial charge on any atom is 0.138 e. The second kappa shape index (κ2) is 9.84. The summed E-state index contributed by atoms with van der Waals surface area (Å²) >= 11 is 0. The molecule has 174 valence electrons. The van der Waals surface area contributed by atoms with E-state index in [1.165, 1.54) is 11.3 Å². The van der Waals surface area contributed by atoms with Gasteiger partial charge in [-0.25, -0.2) is 0 Å². The molecule has 0 saturated heterocycles. The van der Waals surface area contributed by atoms with Gasteiger partial charge in [0.15, 0.2) is 0 Å². The fourth-order valence-electron chi connectivity index (χ4n) is 4.71. The van der Waals surface area contributed by atoms with Gasteiger partial charge in [-0.2, -0.15) is 0 Å². The molecule has 0 fully saturated rings. The van der Waals surface area contributed by atoms with Crippen molar-refractivity contribution in [2.24, 2.45) is 0 Å². The Morgan fingerprint density at radius 3 is 2.42 bits per heavy atom. The molecule has 5 rings (SSSR count). The van der Waals surface area contributed by atoms with Crippen molar-refractivity contribution in [2.75, 3.05) is 31.7 Å². The van der Waals surface area contributed by atoms with Crippen LogP contribution in [0.3, 0.4) is 0 Å². The van der Waals surface area contributed by atoms with Gasteiger partial charge in [-0.3, -0.25) is 0 Å². The third-order valence-corrected chi connectivity index (χ3v) is 6.38. The molecule has 0 saturated carbocycles. The molecule has 0 amide bonds. The van der Waals surface area contributed by atoms with Crippen LogP contribution in [0.5, 0.6) is 23.0 Å². The van der Waals surface area contributed by atoms with Crippen LogP contribution in [0.25, 0.3) is 0 Å². The summed E-state index contributed by atoms with van der Waals surface area (Å²) in [4.78, 5) is 2.36. The Bertz CT molecular complexity index is 1100. The number of benzene rings is 3. The topological polar surface area (TPSA) is 40.2 Å². The van der Waals surface area contributed by atoms with Crippen LogP contribution in [0.4, 0.5) is 5.69 Å². The molecule has 2 unspecified atom stereocenters. The zero-order valence-corrected chi connectivity index (χ0v) is 20.1. The average molecular weight is 468 g/mol. The normalized spacial score (nSPS) is 17.4. The molecule has 0 radical (unpaired) electrons. The highest BCUT2D eigenvalue weighted by Gasteiger charge is 2.43. The van der Waals surface area contributed by atoms with Crippen LogP contribution in [0.15, 0.2) is 60.7 Å². The number of hydrogen-bond donors (Lipinski definition) is 0. The largest absolute Gasteiger partial charge is 0.497 e. The second-order valence-electron chi connectivity index (χ2n) is 8.16. The lowest BCUT2D eigenvalue weighted by Gasteiger charge is -2.30. The second-order valence-corrected chi connectivity index (χ2v) is 8.16. The minimum Gasteiger partial charge on any atom is -0.497 e. The summed E-state index contributed by atoms with van der Waals surface area (Å²) in [5.74, 6) is 3.48. The lowest BCUT2D eigenvalue weighted by Crippen LogP contribution is -2.26. The Labute approximate surface area is 201 Å². The molecule has 2 aliphatic heterocycles. The Kier molecular flexibility index (Phi) is 6.89. The molecule has 0 N–H and O–H groups in total. The fourth-order valence-corrected chi connectivity index (χ4v) is 4.71. The number of rotatable bonds is 7. The molecule has 2 aliphatic rings. The highest BCUT2D eigenvalue weighted by atomic mass is 35.5. The smallest absolute Gasteiger partial charge is 0.138 e. The molecule has 2 heterocycles. The zero-order chi connectivity index (χ0) is 22.1. The van der Waals surface area contributed by atoms with E-state index in [9.17, 15) is 0 Å². The van der Waals surface area contributed by atoms with Crippen molar-refractivity contribution < 1.29 is 18.9 Å². The van der Waals surface area contributed by atoms with Crippen molar-refractivity contribution in [2.45, 2.75) is 32.5 Å².